The highest BCUT2D eigenvalue weighted by Gasteiger charge is 1.95. The van der Waals surface area contributed by atoms with Crippen LogP contribution >= 0.6 is 0 Å². The van der Waals surface area contributed by atoms with E-state index < -0.39 is 0 Å². The molecule has 2 nitrogen and oxygen atoms in total. The van der Waals surface area contributed by atoms with Gasteiger partial charge in [0.1, 0.15) is 0 Å². The molecule has 1 aromatic rings. The van der Waals surface area contributed by atoms with Crippen molar-refractivity contribution in [1.29, 1.82) is 0 Å². The van der Waals surface area contributed by atoms with Gasteiger partial charge in [-0.25, -0.2) is 0 Å². The van der Waals surface area contributed by atoms with Gasteiger partial charge in [-0.1, -0.05) is 18.2 Å². The third kappa shape index (κ3) is 2.02. The van der Waals surface area contributed by atoms with Gasteiger partial charge in [0.25, 0.3) is 0 Å². The molecule has 0 fully saturated rings. The Morgan fingerprint density at radius 1 is 1.42 bits per heavy atom. The Balaban J connectivity index is 2.99. The summed E-state index contributed by atoms with van der Waals surface area (Å²) in [6, 6.07) is 7.93. The molecule has 0 radical (unpaired) electrons. The van der Waals surface area contributed by atoms with Crippen molar-refractivity contribution >= 4 is 18.6 Å². The second-order valence-corrected chi connectivity index (χ2v) is 2.40. The second-order valence-electron chi connectivity index (χ2n) is 2.40. The molecule has 0 aliphatic carbocycles. The lowest BCUT2D eigenvalue weighted by Gasteiger charge is -2.00. The first-order chi connectivity index (χ1) is 5.88. The van der Waals surface area contributed by atoms with Crippen molar-refractivity contribution in [1.82, 2.24) is 0 Å². The first-order valence-corrected chi connectivity index (χ1v) is 3.87. The fourth-order valence-corrected chi connectivity index (χ4v) is 1.03. The smallest absolute Gasteiger partial charge is 0.0676 e. The number of nitrogens with zero attached hydrogens (tertiary/aromatic N) is 2. The Hall–Kier alpha value is -1.44. The van der Waals surface area contributed by atoms with Crippen molar-refractivity contribution < 1.29 is 0 Å². The number of rotatable bonds is 3. The maximum Gasteiger partial charge on any atom is 0.0676 e. The van der Waals surface area contributed by atoms with Gasteiger partial charge in [-0.2, -0.15) is 0 Å². The van der Waals surface area contributed by atoms with E-state index in [-0.39, 0.29) is 0 Å². The molecule has 12 heavy (non-hydrogen) atoms. The van der Waals surface area contributed by atoms with E-state index in [1.54, 1.807) is 6.21 Å². The summed E-state index contributed by atoms with van der Waals surface area (Å²) in [5.74, 6) is 0. The van der Waals surface area contributed by atoms with Gasteiger partial charge in [0.05, 0.1) is 12.2 Å². The summed E-state index contributed by atoms with van der Waals surface area (Å²) >= 11 is 0. The first kappa shape index (κ1) is 8.65. The summed E-state index contributed by atoms with van der Waals surface area (Å²) in [5, 5.41) is 0. The Kier molecular flexibility index (Phi) is 3.20. The lowest BCUT2D eigenvalue weighted by molar-refractivity contribution is 1.08. The van der Waals surface area contributed by atoms with Gasteiger partial charge in [-0.3, -0.25) is 9.98 Å². The van der Waals surface area contributed by atoms with Gasteiger partial charge in [0, 0.05) is 6.21 Å². The van der Waals surface area contributed by atoms with Crippen LogP contribution < -0.4 is 0 Å². The van der Waals surface area contributed by atoms with E-state index in [0.717, 1.165) is 11.3 Å². The SMILES string of the molecule is C=NCc1ccccc1N=CC. The number of para-hydroxylation sites is 1. The number of aliphatic imine (C=N–C) groups is 2. The van der Waals surface area contributed by atoms with Gasteiger partial charge in [-0.05, 0) is 25.3 Å². The highest BCUT2D eigenvalue weighted by Crippen LogP contribution is 2.18. The molecule has 0 saturated carbocycles. The molecule has 0 bridgehead atoms. The van der Waals surface area contributed by atoms with Crippen LogP contribution in [0.4, 0.5) is 5.69 Å². The molecular weight excluding hydrogens is 148 g/mol. The van der Waals surface area contributed by atoms with Crippen LogP contribution in [0.15, 0.2) is 34.3 Å². The molecule has 0 N–H and O–H groups in total. The molecule has 0 aromatic heterocycles. The predicted molar refractivity (Wildman–Crippen MR) is 53.5 cm³/mol. The fraction of sp³-hybridized carbons (Fsp3) is 0.200. The molecular formula is C10H12N2. The number of benzene rings is 1. The minimum Gasteiger partial charge on any atom is -0.296 e. The third-order valence-electron chi connectivity index (χ3n) is 1.54. The molecule has 2 heteroatoms. The zero-order valence-corrected chi connectivity index (χ0v) is 7.20. The quantitative estimate of drug-likeness (QED) is 0.607. The van der Waals surface area contributed by atoms with E-state index in [1.165, 1.54) is 0 Å². The van der Waals surface area contributed by atoms with Crippen molar-refractivity contribution in [3.63, 3.8) is 0 Å². The van der Waals surface area contributed by atoms with E-state index in [1.807, 2.05) is 31.2 Å². The molecule has 0 amide bonds. The van der Waals surface area contributed by atoms with Crippen LogP contribution in [0.5, 0.6) is 0 Å². The van der Waals surface area contributed by atoms with Crippen molar-refractivity contribution in [2.75, 3.05) is 0 Å². The minimum absolute atomic E-state index is 0.632. The van der Waals surface area contributed by atoms with Gasteiger partial charge < -0.3 is 0 Å². The number of hydrogen-bond donors (Lipinski definition) is 0. The highest BCUT2D eigenvalue weighted by molar-refractivity contribution is 5.62. The summed E-state index contributed by atoms with van der Waals surface area (Å²) in [5.41, 5.74) is 2.10. The fourth-order valence-electron chi connectivity index (χ4n) is 1.03. The molecule has 0 atom stereocenters. The van der Waals surface area contributed by atoms with Crippen LogP contribution in [0.2, 0.25) is 0 Å². The summed E-state index contributed by atoms with van der Waals surface area (Å²) in [6.07, 6.45) is 1.78. The van der Waals surface area contributed by atoms with Crippen LogP contribution in [0.3, 0.4) is 0 Å². The monoisotopic (exact) mass is 160 g/mol. The topological polar surface area (TPSA) is 24.7 Å². The largest absolute Gasteiger partial charge is 0.296 e. The van der Waals surface area contributed by atoms with E-state index in [4.69, 9.17) is 0 Å². The van der Waals surface area contributed by atoms with Crippen LogP contribution in [0.1, 0.15) is 12.5 Å². The van der Waals surface area contributed by atoms with Crippen LogP contribution in [-0.2, 0) is 6.54 Å². The maximum atomic E-state index is 4.21. The van der Waals surface area contributed by atoms with Crippen LogP contribution in [-0.4, -0.2) is 12.9 Å². The third-order valence-corrected chi connectivity index (χ3v) is 1.54. The average Bonchev–Trinajstić information content (AvgIpc) is 2.09. The summed E-state index contributed by atoms with van der Waals surface area (Å²) in [6.45, 7) is 5.99. The number of hydrogen-bond acceptors (Lipinski definition) is 2. The maximum absolute atomic E-state index is 4.21. The molecule has 0 unspecified atom stereocenters. The van der Waals surface area contributed by atoms with Crippen molar-refractivity contribution in [2.45, 2.75) is 13.5 Å². The first-order valence-electron chi connectivity index (χ1n) is 3.87. The van der Waals surface area contributed by atoms with Gasteiger partial charge >= 0.3 is 0 Å². The Labute approximate surface area is 72.7 Å². The van der Waals surface area contributed by atoms with Gasteiger partial charge in [-0.15, -0.1) is 0 Å². The molecule has 0 heterocycles. The normalized spacial score (nSPS) is 10.4. The Morgan fingerprint density at radius 3 is 2.83 bits per heavy atom. The minimum atomic E-state index is 0.632. The Bertz CT molecular complexity index is 290. The van der Waals surface area contributed by atoms with Crippen LogP contribution in [0.25, 0.3) is 0 Å². The summed E-state index contributed by atoms with van der Waals surface area (Å²) < 4.78 is 0. The lowest BCUT2D eigenvalue weighted by atomic mass is 10.2. The zero-order valence-electron chi connectivity index (χ0n) is 7.20. The van der Waals surface area contributed by atoms with E-state index in [2.05, 4.69) is 16.7 Å². The van der Waals surface area contributed by atoms with Gasteiger partial charge in [0.2, 0.25) is 0 Å². The van der Waals surface area contributed by atoms with Crippen molar-refractivity contribution in [3.05, 3.63) is 29.8 Å². The van der Waals surface area contributed by atoms with Crippen molar-refractivity contribution in [2.24, 2.45) is 9.98 Å². The van der Waals surface area contributed by atoms with E-state index in [9.17, 15) is 0 Å². The summed E-state index contributed by atoms with van der Waals surface area (Å²) in [7, 11) is 0. The van der Waals surface area contributed by atoms with Crippen molar-refractivity contribution in [3.8, 4) is 0 Å². The van der Waals surface area contributed by atoms with Crippen LogP contribution in [0, 0.1) is 0 Å². The standard InChI is InChI=1S/C10H12N2/c1-3-12-10-7-5-4-6-9(10)8-11-2/h3-7H,2,8H2,1H3. The second kappa shape index (κ2) is 4.44. The molecule has 1 rings (SSSR count). The zero-order chi connectivity index (χ0) is 8.81. The molecule has 0 saturated heterocycles. The van der Waals surface area contributed by atoms with E-state index in [0.29, 0.717) is 6.54 Å². The molecule has 0 aliphatic heterocycles. The molecule has 1 aromatic carbocycles. The molecule has 0 aliphatic rings. The summed E-state index contributed by atoms with van der Waals surface area (Å²) in [4.78, 5) is 8.04. The predicted octanol–water partition coefficient (Wildman–Crippen LogP) is 2.61. The molecule has 62 valence electrons. The highest BCUT2D eigenvalue weighted by atomic mass is 14.7. The van der Waals surface area contributed by atoms with Gasteiger partial charge in [0.15, 0.2) is 0 Å². The van der Waals surface area contributed by atoms with E-state index >= 15 is 0 Å². The lowest BCUT2D eigenvalue weighted by Crippen LogP contribution is -1.80. The average molecular weight is 160 g/mol. The molecule has 0 spiro atoms. The Morgan fingerprint density at radius 2 is 2.17 bits per heavy atom.